The maximum Gasteiger partial charge on any atom is 0.323 e. The maximum atomic E-state index is 11.5. The third kappa shape index (κ3) is 1.76. The molecule has 0 saturated carbocycles. The Hall–Kier alpha value is -0.610. The van der Waals surface area contributed by atoms with Crippen molar-refractivity contribution in [2.24, 2.45) is 0 Å². The van der Waals surface area contributed by atoms with E-state index >= 15 is 0 Å². The monoisotopic (exact) mass is 210 g/mol. The van der Waals surface area contributed by atoms with Gasteiger partial charge in [0.1, 0.15) is 6.04 Å². The van der Waals surface area contributed by atoms with Crippen LogP contribution >= 0.6 is 0 Å². The number of carbonyl (C=O) groups excluding carboxylic acids is 1. The lowest BCUT2D eigenvalue weighted by atomic mass is 10.1. The molecule has 3 rings (SSSR count). The number of ether oxygens (including phenoxy) is 1. The third-order valence-electron chi connectivity index (χ3n) is 3.90. The van der Waals surface area contributed by atoms with Crippen molar-refractivity contribution in [3.05, 3.63) is 0 Å². The standard InChI is InChI=1S/C11H18N2O2/c14-11-10(4-6-15-11)13-5-3-8-1-2-9(7-13)12-8/h8-10,12H,1-7H2. The number of carbonyl (C=O) groups is 1. The maximum absolute atomic E-state index is 11.5. The number of fused-ring (bicyclic) bond motifs is 2. The van der Waals surface area contributed by atoms with Crippen LogP contribution in [0.1, 0.15) is 25.7 Å². The van der Waals surface area contributed by atoms with Gasteiger partial charge in [0.05, 0.1) is 6.61 Å². The quantitative estimate of drug-likeness (QED) is 0.625. The Morgan fingerprint density at radius 1 is 1.20 bits per heavy atom. The summed E-state index contributed by atoms with van der Waals surface area (Å²) in [6.07, 6.45) is 4.65. The highest BCUT2D eigenvalue weighted by Gasteiger charge is 2.37. The number of hydrogen-bond donors (Lipinski definition) is 1. The van der Waals surface area contributed by atoms with Gasteiger partial charge >= 0.3 is 5.97 Å². The van der Waals surface area contributed by atoms with Gasteiger partial charge in [0.15, 0.2) is 0 Å². The number of hydrogen-bond acceptors (Lipinski definition) is 4. The topological polar surface area (TPSA) is 41.6 Å². The average Bonchev–Trinajstić information content (AvgIpc) is 2.74. The molecule has 0 radical (unpaired) electrons. The lowest BCUT2D eigenvalue weighted by molar-refractivity contribution is -0.142. The first-order valence-electron chi connectivity index (χ1n) is 5.99. The zero-order valence-electron chi connectivity index (χ0n) is 8.95. The number of nitrogens with zero attached hydrogens (tertiary/aromatic N) is 1. The fourth-order valence-corrected chi connectivity index (χ4v) is 3.07. The summed E-state index contributed by atoms with van der Waals surface area (Å²) in [4.78, 5) is 13.8. The lowest BCUT2D eigenvalue weighted by Gasteiger charge is -2.27. The third-order valence-corrected chi connectivity index (χ3v) is 3.90. The highest BCUT2D eigenvalue weighted by Crippen LogP contribution is 2.24. The zero-order chi connectivity index (χ0) is 10.3. The van der Waals surface area contributed by atoms with Gasteiger partial charge in [-0.25, -0.2) is 0 Å². The SMILES string of the molecule is O=C1OCCC1N1CCC2CCC(C1)N2. The average molecular weight is 210 g/mol. The Morgan fingerprint density at radius 2 is 2.07 bits per heavy atom. The molecular formula is C11H18N2O2. The van der Waals surface area contributed by atoms with Crippen molar-refractivity contribution in [3.63, 3.8) is 0 Å². The normalized spacial score (nSPS) is 41.6. The summed E-state index contributed by atoms with van der Waals surface area (Å²) in [5, 5.41) is 3.63. The Bertz CT molecular complexity index is 269. The smallest absolute Gasteiger partial charge is 0.323 e. The second-order valence-corrected chi connectivity index (χ2v) is 4.89. The molecule has 3 aliphatic heterocycles. The molecule has 3 fully saturated rings. The molecule has 0 aromatic rings. The molecule has 3 atom stereocenters. The van der Waals surface area contributed by atoms with Crippen LogP contribution in [0.15, 0.2) is 0 Å². The predicted molar refractivity (Wildman–Crippen MR) is 55.5 cm³/mol. The van der Waals surface area contributed by atoms with E-state index in [-0.39, 0.29) is 12.0 Å². The second kappa shape index (κ2) is 3.76. The Balaban J connectivity index is 1.68. The molecule has 3 saturated heterocycles. The summed E-state index contributed by atoms with van der Waals surface area (Å²) in [6.45, 7) is 2.69. The summed E-state index contributed by atoms with van der Waals surface area (Å²) in [5.74, 6) is -0.00669. The molecule has 0 aromatic heterocycles. The molecular weight excluding hydrogens is 192 g/mol. The van der Waals surface area contributed by atoms with Gasteiger partial charge in [-0.1, -0.05) is 0 Å². The van der Waals surface area contributed by atoms with E-state index in [1.54, 1.807) is 0 Å². The van der Waals surface area contributed by atoms with Crippen LogP contribution in [0.2, 0.25) is 0 Å². The van der Waals surface area contributed by atoms with Gasteiger partial charge in [-0.05, 0) is 19.3 Å². The van der Waals surface area contributed by atoms with Crippen molar-refractivity contribution >= 4 is 5.97 Å². The van der Waals surface area contributed by atoms with Crippen molar-refractivity contribution in [2.75, 3.05) is 19.7 Å². The van der Waals surface area contributed by atoms with Gasteiger partial charge in [0, 0.05) is 31.6 Å². The minimum Gasteiger partial charge on any atom is -0.464 e. The largest absolute Gasteiger partial charge is 0.464 e. The Morgan fingerprint density at radius 3 is 2.87 bits per heavy atom. The van der Waals surface area contributed by atoms with Crippen LogP contribution < -0.4 is 5.32 Å². The van der Waals surface area contributed by atoms with Crippen LogP contribution in [-0.4, -0.2) is 48.7 Å². The van der Waals surface area contributed by atoms with E-state index in [0.717, 1.165) is 19.5 Å². The molecule has 4 nitrogen and oxygen atoms in total. The summed E-state index contributed by atoms with van der Waals surface area (Å²) < 4.78 is 5.04. The molecule has 4 heteroatoms. The summed E-state index contributed by atoms with van der Waals surface area (Å²) in [7, 11) is 0. The van der Waals surface area contributed by atoms with Gasteiger partial charge in [0.2, 0.25) is 0 Å². The van der Waals surface area contributed by atoms with Crippen molar-refractivity contribution < 1.29 is 9.53 Å². The molecule has 0 aromatic carbocycles. The van der Waals surface area contributed by atoms with Gasteiger partial charge in [-0.3, -0.25) is 9.69 Å². The molecule has 0 spiro atoms. The van der Waals surface area contributed by atoms with E-state index < -0.39 is 0 Å². The van der Waals surface area contributed by atoms with Crippen molar-refractivity contribution in [3.8, 4) is 0 Å². The lowest BCUT2D eigenvalue weighted by Crippen LogP contribution is -2.43. The molecule has 0 amide bonds. The minimum atomic E-state index is -0.00669. The molecule has 0 aliphatic carbocycles. The highest BCUT2D eigenvalue weighted by atomic mass is 16.5. The second-order valence-electron chi connectivity index (χ2n) is 4.89. The predicted octanol–water partition coefficient (Wildman–Crippen LogP) is 0.128. The number of nitrogens with one attached hydrogen (secondary N) is 1. The van der Waals surface area contributed by atoms with E-state index in [1.165, 1.54) is 19.3 Å². The van der Waals surface area contributed by atoms with Gasteiger partial charge < -0.3 is 10.1 Å². The molecule has 2 bridgehead atoms. The van der Waals surface area contributed by atoms with Crippen LogP contribution in [0, 0.1) is 0 Å². The summed E-state index contributed by atoms with van der Waals surface area (Å²) in [5.41, 5.74) is 0. The number of likely N-dealkylation sites (tertiary alicyclic amines) is 1. The first-order valence-corrected chi connectivity index (χ1v) is 5.99. The Labute approximate surface area is 90.0 Å². The van der Waals surface area contributed by atoms with Crippen LogP contribution in [0.5, 0.6) is 0 Å². The summed E-state index contributed by atoms with van der Waals surface area (Å²) in [6, 6.07) is 1.34. The van der Waals surface area contributed by atoms with Gasteiger partial charge in [-0.15, -0.1) is 0 Å². The van der Waals surface area contributed by atoms with Crippen LogP contribution in [-0.2, 0) is 9.53 Å². The van der Waals surface area contributed by atoms with Crippen LogP contribution in [0.25, 0.3) is 0 Å². The first kappa shape index (κ1) is 9.60. The van der Waals surface area contributed by atoms with Crippen LogP contribution in [0.3, 0.4) is 0 Å². The Kier molecular flexibility index (Phi) is 2.41. The van der Waals surface area contributed by atoms with Gasteiger partial charge in [0.25, 0.3) is 0 Å². The molecule has 15 heavy (non-hydrogen) atoms. The van der Waals surface area contributed by atoms with Crippen LogP contribution in [0.4, 0.5) is 0 Å². The number of esters is 1. The van der Waals surface area contributed by atoms with E-state index in [2.05, 4.69) is 10.2 Å². The van der Waals surface area contributed by atoms with E-state index in [9.17, 15) is 4.79 Å². The minimum absolute atomic E-state index is 0.00669. The van der Waals surface area contributed by atoms with E-state index in [0.29, 0.717) is 18.7 Å². The molecule has 3 unspecified atom stereocenters. The fraction of sp³-hybridized carbons (Fsp3) is 0.909. The van der Waals surface area contributed by atoms with E-state index in [1.807, 2.05) is 0 Å². The van der Waals surface area contributed by atoms with Crippen molar-refractivity contribution in [1.29, 1.82) is 0 Å². The van der Waals surface area contributed by atoms with Gasteiger partial charge in [-0.2, -0.15) is 0 Å². The molecule has 3 aliphatic rings. The first-order chi connectivity index (χ1) is 7.33. The zero-order valence-corrected chi connectivity index (χ0v) is 8.95. The summed E-state index contributed by atoms with van der Waals surface area (Å²) >= 11 is 0. The van der Waals surface area contributed by atoms with Crippen molar-refractivity contribution in [2.45, 2.75) is 43.8 Å². The molecule has 3 heterocycles. The van der Waals surface area contributed by atoms with Crippen molar-refractivity contribution in [1.82, 2.24) is 10.2 Å². The molecule has 84 valence electrons. The number of cyclic esters (lactones) is 1. The van der Waals surface area contributed by atoms with E-state index in [4.69, 9.17) is 4.74 Å². The fourth-order valence-electron chi connectivity index (χ4n) is 3.07. The highest BCUT2D eigenvalue weighted by molar-refractivity contribution is 5.77. The molecule has 1 N–H and O–H groups in total. The number of rotatable bonds is 1.